The Labute approximate surface area is 191 Å². The normalized spacial score (nSPS) is 16.6. The molecule has 0 bridgehead atoms. The van der Waals surface area contributed by atoms with Crippen LogP contribution in [0.5, 0.6) is 0 Å². The molecule has 158 valence electrons. The topological polar surface area (TPSA) is 62.3 Å². The van der Waals surface area contributed by atoms with Gasteiger partial charge in [-0.1, -0.05) is 41.4 Å². The van der Waals surface area contributed by atoms with Gasteiger partial charge in [-0.3, -0.25) is 13.9 Å². The minimum Gasteiger partial charge on any atom is -0.352 e. The Bertz CT molecular complexity index is 1050. The minimum atomic E-state index is -1.43. The van der Waals surface area contributed by atoms with Crippen molar-refractivity contribution in [3.8, 4) is 0 Å². The Morgan fingerprint density at radius 2 is 1.93 bits per heavy atom. The predicted octanol–water partition coefficient (Wildman–Crippen LogP) is 4.49. The average molecular weight is 482 g/mol. The zero-order valence-corrected chi connectivity index (χ0v) is 19.3. The number of hydrogen-bond acceptors (Lipinski definition) is 5. The van der Waals surface area contributed by atoms with Crippen molar-refractivity contribution in [1.29, 1.82) is 0 Å². The molecule has 0 aliphatic carbocycles. The van der Waals surface area contributed by atoms with Crippen LogP contribution in [-0.4, -0.2) is 44.9 Å². The second kappa shape index (κ2) is 9.75. The van der Waals surface area contributed by atoms with Crippen molar-refractivity contribution in [2.75, 3.05) is 18.8 Å². The molecule has 1 amide bonds. The molecule has 1 N–H and O–H groups in total. The molecule has 0 radical (unpaired) electrons. The highest BCUT2D eigenvalue weighted by molar-refractivity contribution is 7.88. The van der Waals surface area contributed by atoms with Crippen LogP contribution in [0.2, 0.25) is 10.0 Å². The third kappa shape index (κ3) is 5.39. The molecule has 1 fully saturated rings. The highest BCUT2D eigenvalue weighted by Crippen LogP contribution is 2.25. The standard InChI is InChI=1S/C21H21Cl2N3O2S2/c22-16-6-5-14(11-17(16)23)12-26-9-7-15(8-10-26)24-20(27)13-30(28)21-25-18-3-1-2-4-19(18)29-21/h1-6,11,15H,7-10,12-13H2,(H,24,27). The zero-order valence-electron chi connectivity index (χ0n) is 16.1. The summed E-state index contributed by atoms with van der Waals surface area (Å²) < 4.78 is 14.0. The van der Waals surface area contributed by atoms with E-state index in [4.69, 9.17) is 23.2 Å². The van der Waals surface area contributed by atoms with Gasteiger partial charge in [0.25, 0.3) is 0 Å². The van der Waals surface area contributed by atoms with E-state index < -0.39 is 10.8 Å². The summed E-state index contributed by atoms with van der Waals surface area (Å²) in [5.41, 5.74) is 1.94. The summed E-state index contributed by atoms with van der Waals surface area (Å²) in [5.74, 6) is -0.237. The number of aromatic nitrogens is 1. The van der Waals surface area contributed by atoms with E-state index in [2.05, 4.69) is 15.2 Å². The third-order valence-electron chi connectivity index (χ3n) is 5.07. The smallest absolute Gasteiger partial charge is 0.233 e. The number of nitrogens with one attached hydrogen (secondary N) is 1. The predicted molar refractivity (Wildman–Crippen MR) is 124 cm³/mol. The van der Waals surface area contributed by atoms with Crippen LogP contribution in [0, 0.1) is 0 Å². The summed E-state index contributed by atoms with van der Waals surface area (Å²) in [6, 6.07) is 13.5. The maximum absolute atomic E-state index is 12.5. The van der Waals surface area contributed by atoms with Gasteiger partial charge in [0.2, 0.25) is 5.91 Å². The molecule has 1 aliphatic rings. The molecule has 1 unspecified atom stereocenters. The van der Waals surface area contributed by atoms with Gasteiger partial charge in [0.1, 0.15) is 5.75 Å². The summed E-state index contributed by atoms with van der Waals surface area (Å²) in [6.07, 6.45) is 1.72. The molecule has 4 rings (SSSR count). The van der Waals surface area contributed by atoms with Gasteiger partial charge in [-0.05, 0) is 42.7 Å². The van der Waals surface area contributed by atoms with Crippen molar-refractivity contribution in [2.24, 2.45) is 0 Å². The van der Waals surface area contributed by atoms with Crippen LogP contribution in [0.15, 0.2) is 46.8 Å². The van der Waals surface area contributed by atoms with Crippen molar-refractivity contribution in [3.05, 3.63) is 58.1 Å². The number of carbonyl (C=O) groups excluding carboxylic acids is 1. The van der Waals surface area contributed by atoms with Crippen LogP contribution in [0.25, 0.3) is 10.2 Å². The first-order chi connectivity index (χ1) is 14.5. The van der Waals surface area contributed by atoms with Gasteiger partial charge >= 0.3 is 0 Å². The largest absolute Gasteiger partial charge is 0.352 e. The third-order valence-corrected chi connectivity index (χ3v) is 8.46. The Morgan fingerprint density at radius 1 is 1.17 bits per heavy atom. The fourth-order valence-electron chi connectivity index (χ4n) is 3.53. The lowest BCUT2D eigenvalue weighted by atomic mass is 10.0. The number of nitrogens with zero attached hydrogens (tertiary/aromatic N) is 2. The van der Waals surface area contributed by atoms with Gasteiger partial charge in [-0.2, -0.15) is 0 Å². The molecule has 3 aromatic rings. The fourth-order valence-corrected chi connectivity index (χ4v) is 6.01. The summed E-state index contributed by atoms with van der Waals surface area (Å²) >= 11 is 13.5. The molecular formula is C21H21Cl2N3O2S2. The molecule has 1 saturated heterocycles. The van der Waals surface area contributed by atoms with E-state index in [-0.39, 0.29) is 17.7 Å². The number of fused-ring (bicyclic) bond motifs is 1. The van der Waals surface area contributed by atoms with Crippen LogP contribution >= 0.6 is 34.5 Å². The second-order valence-corrected chi connectivity index (χ2v) is 10.8. The number of rotatable bonds is 6. The van der Waals surface area contributed by atoms with Crippen molar-refractivity contribution >= 4 is 61.5 Å². The number of thiazole rings is 1. The first-order valence-corrected chi connectivity index (χ1v) is 12.6. The number of halogens is 2. The molecule has 2 heterocycles. The number of piperidine rings is 1. The summed E-state index contributed by atoms with van der Waals surface area (Å²) in [7, 11) is -1.43. The van der Waals surface area contributed by atoms with Gasteiger partial charge in [-0.25, -0.2) is 4.98 Å². The minimum absolute atomic E-state index is 0.0523. The number of carbonyl (C=O) groups is 1. The van der Waals surface area contributed by atoms with Gasteiger partial charge in [0, 0.05) is 25.7 Å². The number of hydrogen-bond donors (Lipinski definition) is 1. The molecule has 2 aromatic carbocycles. The summed E-state index contributed by atoms with van der Waals surface area (Å²) in [6.45, 7) is 2.57. The van der Waals surface area contributed by atoms with E-state index in [1.165, 1.54) is 11.3 Å². The van der Waals surface area contributed by atoms with Crippen LogP contribution in [0.4, 0.5) is 0 Å². The Morgan fingerprint density at radius 3 is 2.67 bits per heavy atom. The first kappa shape index (κ1) is 21.7. The Balaban J connectivity index is 1.24. The lowest BCUT2D eigenvalue weighted by Crippen LogP contribution is -2.45. The SMILES string of the molecule is O=C(CS(=O)c1nc2ccccc2s1)NC1CCN(Cc2ccc(Cl)c(Cl)c2)CC1. The number of amides is 1. The maximum atomic E-state index is 12.5. The van der Waals surface area contributed by atoms with Gasteiger partial charge in [-0.15, -0.1) is 11.3 Å². The molecule has 1 aliphatic heterocycles. The Hall–Kier alpha value is -1.51. The maximum Gasteiger partial charge on any atom is 0.233 e. The van der Waals surface area contributed by atoms with E-state index >= 15 is 0 Å². The monoisotopic (exact) mass is 481 g/mol. The quantitative estimate of drug-likeness (QED) is 0.563. The van der Waals surface area contributed by atoms with Crippen LogP contribution < -0.4 is 5.32 Å². The molecule has 1 atom stereocenters. The van der Waals surface area contributed by atoms with Crippen molar-refractivity contribution in [2.45, 2.75) is 29.8 Å². The molecule has 5 nitrogen and oxygen atoms in total. The molecule has 0 spiro atoms. The van der Waals surface area contributed by atoms with Crippen LogP contribution in [0.1, 0.15) is 18.4 Å². The fraction of sp³-hybridized carbons (Fsp3) is 0.333. The number of benzene rings is 2. The van der Waals surface area contributed by atoms with Crippen LogP contribution in [0.3, 0.4) is 0 Å². The second-order valence-electron chi connectivity index (χ2n) is 7.30. The summed E-state index contributed by atoms with van der Waals surface area (Å²) in [5, 5.41) is 4.16. The molecule has 9 heteroatoms. The Kier molecular flexibility index (Phi) is 7.05. The first-order valence-electron chi connectivity index (χ1n) is 9.67. The van der Waals surface area contributed by atoms with Crippen molar-refractivity contribution in [3.63, 3.8) is 0 Å². The lowest BCUT2D eigenvalue weighted by molar-refractivity contribution is -0.119. The van der Waals surface area contributed by atoms with Gasteiger partial charge < -0.3 is 5.32 Å². The highest BCUT2D eigenvalue weighted by atomic mass is 35.5. The van der Waals surface area contributed by atoms with E-state index in [0.29, 0.717) is 14.4 Å². The van der Waals surface area contributed by atoms with Crippen molar-refractivity contribution in [1.82, 2.24) is 15.2 Å². The molecule has 0 saturated carbocycles. The van der Waals surface area contributed by atoms with Crippen LogP contribution in [-0.2, 0) is 22.1 Å². The van der Waals surface area contributed by atoms with Crippen molar-refractivity contribution < 1.29 is 9.00 Å². The molecule has 30 heavy (non-hydrogen) atoms. The molecule has 1 aromatic heterocycles. The highest BCUT2D eigenvalue weighted by Gasteiger charge is 2.22. The summed E-state index contributed by atoms with van der Waals surface area (Å²) in [4.78, 5) is 19.1. The number of likely N-dealkylation sites (tertiary alicyclic amines) is 1. The van der Waals surface area contributed by atoms with E-state index in [0.717, 1.165) is 48.3 Å². The van der Waals surface area contributed by atoms with E-state index in [1.807, 2.05) is 42.5 Å². The van der Waals surface area contributed by atoms with E-state index in [9.17, 15) is 9.00 Å². The van der Waals surface area contributed by atoms with Gasteiger partial charge in [0.05, 0.1) is 31.1 Å². The van der Waals surface area contributed by atoms with Gasteiger partial charge in [0.15, 0.2) is 4.34 Å². The average Bonchev–Trinajstić information content (AvgIpc) is 3.17. The number of para-hydroxylation sites is 1. The van der Waals surface area contributed by atoms with E-state index in [1.54, 1.807) is 0 Å². The lowest BCUT2D eigenvalue weighted by Gasteiger charge is -2.32. The zero-order chi connectivity index (χ0) is 21.1. The molecular weight excluding hydrogens is 461 g/mol.